The zero-order valence-electron chi connectivity index (χ0n) is 13.3. The smallest absolute Gasteiger partial charge is 0.216 e. The Labute approximate surface area is 130 Å². The summed E-state index contributed by atoms with van der Waals surface area (Å²) in [7, 11) is 3.59. The van der Waals surface area contributed by atoms with E-state index >= 15 is 0 Å². The van der Waals surface area contributed by atoms with Crippen molar-refractivity contribution in [2.24, 2.45) is 7.05 Å². The molecule has 4 nitrogen and oxygen atoms in total. The second-order valence-corrected chi connectivity index (χ2v) is 5.95. The number of ether oxygens (including phenoxy) is 1. The highest BCUT2D eigenvalue weighted by molar-refractivity contribution is 7.98. The lowest BCUT2D eigenvalue weighted by Gasteiger charge is -2.15. The van der Waals surface area contributed by atoms with E-state index in [1.807, 2.05) is 14.0 Å². The maximum absolute atomic E-state index is 5.42. The molecule has 5 heteroatoms. The number of nitrogens with zero attached hydrogens (tertiary/aromatic N) is 2. The van der Waals surface area contributed by atoms with Gasteiger partial charge in [0.1, 0.15) is 0 Å². The summed E-state index contributed by atoms with van der Waals surface area (Å²) in [5.74, 6) is 0.824. The lowest BCUT2D eigenvalue weighted by atomic mass is 10.1. The third-order valence-corrected chi connectivity index (χ3v) is 4.43. The van der Waals surface area contributed by atoms with Gasteiger partial charge in [-0.05, 0) is 37.8 Å². The van der Waals surface area contributed by atoms with Crippen LogP contribution in [0.1, 0.15) is 29.8 Å². The molecule has 1 aromatic heterocycles. The van der Waals surface area contributed by atoms with E-state index in [4.69, 9.17) is 4.74 Å². The number of aromatic nitrogens is 2. The van der Waals surface area contributed by atoms with Crippen LogP contribution >= 0.6 is 11.8 Å². The fraction of sp³-hybridized carbons (Fsp3) is 0.438. The molecule has 0 saturated carbocycles. The van der Waals surface area contributed by atoms with Crippen molar-refractivity contribution in [2.75, 3.05) is 13.4 Å². The molecular weight excluding hydrogens is 282 g/mol. The zero-order chi connectivity index (χ0) is 15.4. The lowest BCUT2D eigenvalue weighted by Crippen LogP contribution is -2.18. The first-order valence-electron chi connectivity index (χ1n) is 7.00. The van der Waals surface area contributed by atoms with Gasteiger partial charge < -0.3 is 10.1 Å². The Hall–Kier alpha value is -1.46. The SMILES string of the molecule is COc1c(CNC(C)c2ccc(SC)cc2)c(C)nn1C. The Kier molecular flexibility index (Phi) is 5.31. The van der Waals surface area contributed by atoms with E-state index in [1.165, 1.54) is 10.5 Å². The molecule has 21 heavy (non-hydrogen) atoms. The Morgan fingerprint density at radius 1 is 1.33 bits per heavy atom. The second-order valence-electron chi connectivity index (χ2n) is 5.07. The Bertz CT molecular complexity index is 592. The van der Waals surface area contributed by atoms with Gasteiger partial charge in [0.2, 0.25) is 5.88 Å². The molecule has 2 aromatic rings. The van der Waals surface area contributed by atoms with Crippen molar-refractivity contribution < 1.29 is 4.74 Å². The zero-order valence-corrected chi connectivity index (χ0v) is 14.1. The molecule has 1 aromatic carbocycles. The number of rotatable bonds is 6. The molecule has 0 amide bonds. The molecule has 0 bridgehead atoms. The standard InChI is InChI=1S/C16H23N3OS/c1-11(13-6-8-14(21-5)9-7-13)17-10-15-12(2)18-19(3)16(15)20-4/h6-9,11,17H,10H2,1-5H3. The fourth-order valence-corrected chi connectivity index (χ4v) is 2.81. The van der Waals surface area contributed by atoms with Gasteiger partial charge in [-0.2, -0.15) is 5.10 Å². The summed E-state index contributed by atoms with van der Waals surface area (Å²) >= 11 is 1.76. The molecule has 1 atom stereocenters. The molecule has 114 valence electrons. The molecule has 0 aliphatic rings. The summed E-state index contributed by atoms with van der Waals surface area (Å²) in [4.78, 5) is 1.29. The van der Waals surface area contributed by atoms with E-state index in [-0.39, 0.29) is 6.04 Å². The number of hydrogen-bond donors (Lipinski definition) is 1. The summed E-state index contributed by atoms with van der Waals surface area (Å²) in [6, 6.07) is 8.96. The topological polar surface area (TPSA) is 39.1 Å². The number of hydrogen-bond acceptors (Lipinski definition) is 4. The van der Waals surface area contributed by atoms with Crippen LogP contribution in [0.15, 0.2) is 29.2 Å². The minimum Gasteiger partial charge on any atom is -0.481 e. The largest absolute Gasteiger partial charge is 0.481 e. The van der Waals surface area contributed by atoms with Gasteiger partial charge in [-0.3, -0.25) is 0 Å². The summed E-state index contributed by atoms with van der Waals surface area (Å²) in [5.41, 5.74) is 3.41. The van der Waals surface area contributed by atoms with Crippen molar-refractivity contribution in [3.05, 3.63) is 41.1 Å². The molecule has 0 radical (unpaired) electrons. The highest BCUT2D eigenvalue weighted by Crippen LogP contribution is 2.23. The molecular formula is C16H23N3OS. The first-order valence-corrected chi connectivity index (χ1v) is 8.23. The summed E-state index contributed by atoms with van der Waals surface area (Å²) < 4.78 is 7.20. The monoisotopic (exact) mass is 305 g/mol. The predicted octanol–water partition coefficient (Wildman–Crippen LogP) is 3.31. The van der Waals surface area contributed by atoms with Crippen molar-refractivity contribution in [2.45, 2.75) is 31.3 Å². The molecule has 1 N–H and O–H groups in total. The van der Waals surface area contributed by atoms with Crippen molar-refractivity contribution in [1.82, 2.24) is 15.1 Å². The van der Waals surface area contributed by atoms with Gasteiger partial charge in [-0.15, -0.1) is 11.8 Å². The van der Waals surface area contributed by atoms with Gasteiger partial charge >= 0.3 is 0 Å². The summed E-state index contributed by atoms with van der Waals surface area (Å²) in [6.45, 7) is 4.93. The van der Waals surface area contributed by atoms with Gasteiger partial charge in [-0.1, -0.05) is 12.1 Å². The van der Waals surface area contributed by atoms with Crippen LogP contribution in [0.4, 0.5) is 0 Å². The van der Waals surface area contributed by atoms with Gasteiger partial charge in [-0.25, -0.2) is 4.68 Å². The van der Waals surface area contributed by atoms with E-state index < -0.39 is 0 Å². The van der Waals surface area contributed by atoms with Crippen LogP contribution < -0.4 is 10.1 Å². The van der Waals surface area contributed by atoms with E-state index in [0.717, 1.165) is 23.7 Å². The summed E-state index contributed by atoms with van der Waals surface area (Å²) in [6.07, 6.45) is 2.09. The van der Waals surface area contributed by atoms with Crippen LogP contribution in [0.3, 0.4) is 0 Å². The van der Waals surface area contributed by atoms with Crippen LogP contribution in [0.2, 0.25) is 0 Å². The molecule has 1 unspecified atom stereocenters. The molecule has 0 aliphatic heterocycles. The van der Waals surface area contributed by atoms with Crippen LogP contribution in [0, 0.1) is 6.92 Å². The van der Waals surface area contributed by atoms with Crippen LogP contribution in [-0.2, 0) is 13.6 Å². The second kappa shape index (κ2) is 7.00. The Morgan fingerprint density at radius 2 is 2.00 bits per heavy atom. The van der Waals surface area contributed by atoms with E-state index in [1.54, 1.807) is 23.6 Å². The quantitative estimate of drug-likeness (QED) is 0.831. The van der Waals surface area contributed by atoms with Crippen molar-refractivity contribution in [3.8, 4) is 5.88 Å². The number of benzene rings is 1. The number of nitrogens with one attached hydrogen (secondary N) is 1. The molecule has 0 saturated heterocycles. The third kappa shape index (κ3) is 3.60. The van der Waals surface area contributed by atoms with Crippen molar-refractivity contribution >= 4 is 11.8 Å². The summed E-state index contributed by atoms with van der Waals surface area (Å²) in [5, 5.41) is 7.95. The Balaban J connectivity index is 2.05. The van der Waals surface area contributed by atoms with E-state index in [0.29, 0.717) is 0 Å². The maximum Gasteiger partial charge on any atom is 0.216 e. The maximum atomic E-state index is 5.42. The minimum absolute atomic E-state index is 0.283. The van der Waals surface area contributed by atoms with Crippen LogP contribution in [-0.4, -0.2) is 23.1 Å². The van der Waals surface area contributed by atoms with Gasteiger partial charge in [0, 0.05) is 24.5 Å². The van der Waals surface area contributed by atoms with Crippen LogP contribution in [0.5, 0.6) is 5.88 Å². The van der Waals surface area contributed by atoms with Gasteiger partial charge in [0.15, 0.2) is 0 Å². The molecule has 0 spiro atoms. The first-order chi connectivity index (χ1) is 10.1. The normalized spacial score (nSPS) is 12.4. The highest BCUT2D eigenvalue weighted by Gasteiger charge is 2.14. The fourth-order valence-electron chi connectivity index (χ4n) is 2.41. The van der Waals surface area contributed by atoms with Crippen LogP contribution in [0.25, 0.3) is 0 Å². The van der Waals surface area contributed by atoms with E-state index in [2.05, 4.69) is 47.9 Å². The molecule has 0 fully saturated rings. The highest BCUT2D eigenvalue weighted by atomic mass is 32.2. The minimum atomic E-state index is 0.283. The Morgan fingerprint density at radius 3 is 2.57 bits per heavy atom. The van der Waals surface area contributed by atoms with Crippen molar-refractivity contribution in [1.29, 1.82) is 0 Å². The molecule has 2 rings (SSSR count). The van der Waals surface area contributed by atoms with E-state index in [9.17, 15) is 0 Å². The number of aryl methyl sites for hydroxylation is 2. The predicted molar refractivity (Wildman–Crippen MR) is 88.0 cm³/mol. The third-order valence-electron chi connectivity index (χ3n) is 3.68. The van der Waals surface area contributed by atoms with Gasteiger partial charge in [0.05, 0.1) is 18.4 Å². The number of thioether (sulfide) groups is 1. The average molecular weight is 305 g/mol. The van der Waals surface area contributed by atoms with Crippen molar-refractivity contribution in [3.63, 3.8) is 0 Å². The lowest BCUT2D eigenvalue weighted by molar-refractivity contribution is 0.367. The average Bonchev–Trinajstić information content (AvgIpc) is 2.78. The molecule has 0 aliphatic carbocycles. The van der Waals surface area contributed by atoms with Gasteiger partial charge in [0.25, 0.3) is 0 Å². The first kappa shape index (κ1) is 15.9. The molecule has 1 heterocycles. The number of methoxy groups -OCH3 is 1.